The van der Waals surface area contributed by atoms with E-state index in [1.165, 1.54) is 16.9 Å². The van der Waals surface area contributed by atoms with Gasteiger partial charge in [-0.1, -0.05) is 11.6 Å². The fourth-order valence-electron chi connectivity index (χ4n) is 2.91. The van der Waals surface area contributed by atoms with Crippen LogP contribution in [0.3, 0.4) is 0 Å². The molecule has 0 saturated carbocycles. The molecule has 0 amide bonds. The zero-order valence-corrected chi connectivity index (χ0v) is 15.4. The summed E-state index contributed by atoms with van der Waals surface area (Å²) in [6.45, 7) is 1.71. The maximum atomic E-state index is 8.87. The van der Waals surface area contributed by atoms with Gasteiger partial charge in [-0.3, -0.25) is 0 Å². The van der Waals surface area contributed by atoms with Crippen molar-refractivity contribution < 1.29 is 0 Å². The molecule has 0 saturated heterocycles. The number of rotatable bonds is 5. The Labute approximate surface area is 161 Å². The van der Waals surface area contributed by atoms with Crippen LogP contribution in [0.4, 0.5) is 16.8 Å². The molecule has 0 aliphatic carbocycles. The molecule has 1 aliphatic heterocycles. The van der Waals surface area contributed by atoms with Crippen molar-refractivity contribution in [1.82, 2.24) is 19.9 Å². The Hall–Kier alpha value is -3.31. The molecule has 1 N–H and O–H groups in total. The van der Waals surface area contributed by atoms with E-state index < -0.39 is 0 Å². The van der Waals surface area contributed by atoms with E-state index >= 15 is 0 Å². The van der Waals surface area contributed by atoms with E-state index in [2.05, 4.69) is 42.3 Å². The van der Waals surface area contributed by atoms with Gasteiger partial charge in [-0.05, 0) is 18.6 Å². The molecule has 27 heavy (non-hydrogen) atoms. The quantitative estimate of drug-likeness (QED) is 0.684. The summed E-state index contributed by atoms with van der Waals surface area (Å²) in [5.74, 6) is 1.66. The van der Waals surface area contributed by atoms with Crippen LogP contribution >= 0.6 is 11.3 Å². The Morgan fingerprint density at radius 1 is 1.22 bits per heavy atom. The second-order valence-corrected chi connectivity index (χ2v) is 7.00. The second-order valence-electron chi connectivity index (χ2n) is 6.11. The largest absolute Gasteiger partial charge is 0.353 e. The zero-order valence-electron chi connectivity index (χ0n) is 14.5. The molecule has 0 atom stereocenters. The molecule has 0 fully saturated rings. The zero-order chi connectivity index (χ0) is 18.5. The van der Waals surface area contributed by atoms with E-state index in [1.807, 2.05) is 17.5 Å². The summed E-state index contributed by atoms with van der Waals surface area (Å²) in [5.41, 5.74) is 2.93. The molecule has 1 aliphatic rings. The summed E-state index contributed by atoms with van der Waals surface area (Å²) >= 11 is 1.54. The molecule has 3 aromatic heterocycles. The van der Waals surface area contributed by atoms with E-state index in [-0.39, 0.29) is 0 Å². The van der Waals surface area contributed by atoms with Gasteiger partial charge in [0, 0.05) is 49.0 Å². The smallest absolute Gasteiger partial charge is 0.188 e. The molecule has 8 heteroatoms. The van der Waals surface area contributed by atoms with Crippen molar-refractivity contribution in [1.29, 1.82) is 5.26 Å². The van der Waals surface area contributed by atoms with Gasteiger partial charge in [0.1, 0.15) is 24.0 Å². The van der Waals surface area contributed by atoms with Crippen molar-refractivity contribution in [3.63, 3.8) is 0 Å². The minimum atomic E-state index is 0.581. The van der Waals surface area contributed by atoms with Gasteiger partial charge in [0.25, 0.3) is 0 Å². The number of thiazole rings is 1. The van der Waals surface area contributed by atoms with Gasteiger partial charge in [-0.15, -0.1) is 11.3 Å². The second kappa shape index (κ2) is 7.93. The number of pyridine rings is 1. The van der Waals surface area contributed by atoms with Gasteiger partial charge in [0.05, 0.1) is 5.56 Å². The average Bonchev–Trinajstić information content (AvgIpc) is 3.22. The third kappa shape index (κ3) is 4.27. The molecule has 0 radical (unpaired) electrons. The summed E-state index contributed by atoms with van der Waals surface area (Å²) < 4.78 is 0. The Kier molecular flexibility index (Phi) is 5.03. The van der Waals surface area contributed by atoms with Crippen molar-refractivity contribution in [2.45, 2.75) is 12.8 Å². The fraction of sp³-hybridized carbons (Fsp3) is 0.211. The Morgan fingerprint density at radius 3 is 2.89 bits per heavy atom. The molecule has 3 aromatic rings. The highest BCUT2D eigenvalue weighted by Gasteiger charge is 2.14. The maximum absolute atomic E-state index is 8.87. The van der Waals surface area contributed by atoms with Crippen LogP contribution in [0.1, 0.15) is 17.7 Å². The van der Waals surface area contributed by atoms with E-state index in [0.29, 0.717) is 5.56 Å². The van der Waals surface area contributed by atoms with Crippen LogP contribution in [0.15, 0.2) is 53.9 Å². The summed E-state index contributed by atoms with van der Waals surface area (Å²) in [7, 11) is 0. The van der Waals surface area contributed by atoms with Gasteiger partial charge in [-0.2, -0.15) is 5.26 Å². The number of aromatic nitrogens is 4. The van der Waals surface area contributed by atoms with Gasteiger partial charge < -0.3 is 10.2 Å². The summed E-state index contributed by atoms with van der Waals surface area (Å²) in [4.78, 5) is 19.4. The molecule has 134 valence electrons. The van der Waals surface area contributed by atoms with Crippen LogP contribution in [0.5, 0.6) is 0 Å². The predicted octanol–water partition coefficient (Wildman–Crippen LogP) is 3.32. The minimum absolute atomic E-state index is 0.581. The first-order valence-electron chi connectivity index (χ1n) is 8.56. The van der Waals surface area contributed by atoms with Gasteiger partial charge in [-0.25, -0.2) is 19.9 Å². The van der Waals surface area contributed by atoms with Crippen LogP contribution in [-0.2, 0) is 6.42 Å². The van der Waals surface area contributed by atoms with Crippen LogP contribution in [-0.4, -0.2) is 33.0 Å². The van der Waals surface area contributed by atoms with Gasteiger partial charge in [0.15, 0.2) is 5.13 Å². The number of nitriles is 1. The summed E-state index contributed by atoms with van der Waals surface area (Å²) in [5, 5.41) is 14.8. The van der Waals surface area contributed by atoms with Gasteiger partial charge >= 0.3 is 0 Å². The molecule has 7 nitrogen and oxygen atoms in total. The Bertz CT molecular complexity index is 974. The lowest BCUT2D eigenvalue weighted by molar-refractivity contribution is 0.754. The molecular formula is C19H17N7S. The maximum Gasteiger partial charge on any atom is 0.188 e. The van der Waals surface area contributed by atoms with Gasteiger partial charge in [0.2, 0.25) is 0 Å². The minimum Gasteiger partial charge on any atom is -0.353 e. The highest BCUT2D eigenvalue weighted by molar-refractivity contribution is 7.13. The van der Waals surface area contributed by atoms with E-state index in [4.69, 9.17) is 5.26 Å². The van der Waals surface area contributed by atoms with Crippen molar-refractivity contribution in [3.05, 3.63) is 65.2 Å². The lowest BCUT2D eigenvalue weighted by atomic mass is 10.0. The van der Waals surface area contributed by atoms with Crippen molar-refractivity contribution in [2.24, 2.45) is 0 Å². The van der Waals surface area contributed by atoms with E-state index in [1.54, 1.807) is 24.8 Å². The van der Waals surface area contributed by atoms with Crippen molar-refractivity contribution >= 4 is 28.1 Å². The first-order chi connectivity index (χ1) is 13.3. The molecule has 0 aromatic carbocycles. The van der Waals surface area contributed by atoms with Crippen LogP contribution in [0, 0.1) is 11.3 Å². The first-order valence-corrected chi connectivity index (χ1v) is 9.44. The van der Waals surface area contributed by atoms with Crippen LogP contribution in [0.2, 0.25) is 0 Å². The topological polar surface area (TPSA) is 90.6 Å². The normalized spacial score (nSPS) is 13.7. The van der Waals surface area contributed by atoms with Crippen molar-refractivity contribution in [3.8, 4) is 6.07 Å². The summed E-state index contributed by atoms with van der Waals surface area (Å²) in [6, 6.07) is 7.77. The molecule has 4 rings (SSSR count). The molecular weight excluding hydrogens is 358 g/mol. The van der Waals surface area contributed by atoms with Crippen LogP contribution < -0.4 is 10.2 Å². The Morgan fingerprint density at radius 2 is 2.19 bits per heavy atom. The van der Waals surface area contributed by atoms with E-state index in [9.17, 15) is 0 Å². The molecule has 4 heterocycles. The third-order valence-corrected chi connectivity index (χ3v) is 4.99. The number of hydrogen-bond donors (Lipinski definition) is 1. The average molecular weight is 375 g/mol. The highest BCUT2D eigenvalue weighted by atomic mass is 32.1. The van der Waals surface area contributed by atoms with Crippen molar-refractivity contribution in [2.75, 3.05) is 23.3 Å². The van der Waals surface area contributed by atoms with E-state index in [0.717, 1.165) is 48.4 Å². The lowest BCUT2D eigenvalue weighted by Crippen LogP contribution is -2.29. The third-order valence-electron chi connectivity index (χ3n) is 4.30. The fourth-order valence-corrected chi connectivity index (χ4v) is 3.44. The number of anilines is 3. The molecule has 0 unspecified atom stereocenters. The predicted molar refractivity (Wildman–Crippen MR) is 105 cm³/mol. The highest BCUT2D eigenvalue weighted by Crippen LogP contribution is 2.21. The first kappa shape index (κ1) is 17.1. The Balaban J connectivity index is 1.39. The SMILES string of the molecule is N#Cc1ccc(N2CC=C(Cc3cc(Nc4nccs4)ncn3)CC2)nc1. The summed E-state index contributed by atoms with van der Waals surface area (Å²) in [6.07, 6.45) is 8.97. The standard InChI is InChI=1S/C19H17N7S/c20-11-15-1-2-18(22-12-15)26-6-3-14(4-7-26)9-16-10-17(24-13-23-16)25-19-21-5-8-27-19/h1-3,5,8,10,12-13H,4,6-7,9H2,(H,21,23,24,25). The lowest BCUT2D eigenvalue weighted by Gasteiger charge is -2.27. The van der Waals surface area contributed by atoms with Crippen LogP contribution in [0.25, 0.3) is 0 Å². The monoisotopic (exact) mass is 375 g/mol. The molecule has 0 bridgehead atoms. The number of nitrogens with zero attached hydrogens (tertiary/aromatic N) is 6. The number of nitrogens with one attached hydrogen (secondary N) is 1. The number of hydrogen-bond acceptors (Lipinski definition) is 8. The molecule has 0 spiro atoms.